The average molecular weight is 500 g/mol. The van der Waals surface area contributed by atoms with Crippen molar-refractivity contribution in [2.45, 2.75) is 11.6 Å². The van der Waals surface area contributed by atoms with Crippen LogP contribution in [0.25, 0.3) is 0 Å². The van der Waals surface area contributed by atoms with Gasteiger partial charge >= 0.3 is 6.03 Å². The van der Waals surface area contributed by atoms with E-state index in [0.29, 0.717) is 16.7 Å². The number of thiophene rings is 1. The third-order valence-corrected chi connectivity index (χ3v) is 7.09. The summed E-state index contributed by atoms with van der Waals surface area (Å²) in [5.74, 6) is -1.43. The van der Waals surface area contributed by atoms with Crippen LogP contribution in [-0.2, 0) is 15.1 Å². The van der Waals surface area contributed by atoms with E-state index in [9.17, 15) is 18.8 Å². The first kappa shape index (κ1) is 23.4. The third kappa shape index (κ3) is 4.27. The standard InChI is InChI=1S/C28H22FN3O3S/c29-22-15-13-19(14-16-22)25(23-12-7-17-36-23)30-24(33)18-32-26(34)28(31-27(32)35,20-8-3-1-4-9-20)21-10-5-2-6-11-21/h1-17,25H,18H2,(H,30,33)(H,31,35). The molecule has 36 heavy (non-hydrogen) atoms. The van der Waals surface area contributed by atoms with Gasteiger partial charge in [-0.1, -0.05) is 78.9 Å². The highest BCUT2D eigenvalue weighted by atomic mass is 32.1. The van der Waals surface area contributed by atoms with Crippen LogP contribution in [0.4, 0.5) is 9.18 Å². The van der Waals surface area contributed by atoms with Crippen molar-refractivity contribution in [1.82, 2.24) is 15.5 Å². The van der Waals surface area contributed by atoms with Gasteiger partial charge in [0.25, 0.3) is 5.91 Å². The van der Waals surface area contributed by atoms with Crippen LogP contribution < -0.4 is 10.6 Å². The molecule has 4 aromatic rings. The number of carbonyl (C=O) groups excluding carboxylic acids is 3. The Morgan fingerprint density at radius 3 is 2.06 bits per heavy atom. The fraction of sp³-hybridized carbons (Fsp3) is 0.107. The van der Waals surface area contributed by atoms with E-state index in [1.807, 2.05) is 29.6 Å². The molecule has 4 amide bonds. The second-order valence-electron chi connectivity index (χ2n) is 8.37. The lowest BCUT2D eigenvalue weighted by Gasteiger charge is -2.28. The lowest BCUT2D eigenvalue weighted by atomic mass is 9.82. The van der Waals surface area contributed by atoms with Crippen LogP contribution in [0.15, 0.2) is 102 Å². The van der Waals surface area contributed by atoms with E-state index in [1.54, 1.807) is 60.7 Å². The van der Waals surface area contributed by atoms with Crippen LogP contribution in [0, 0.1) is 5.82 Å². The summed E-state index contributed by atoms with van der Waals surface area (Å²) in [4.78, 5) is 41.8. The lowest BCUT2D eigenvalue weighted by Crippen LogP contribution is -2.46. The van der Waals surface area contributed by atoms with Crippen molar-refractivity contribution in [2.75, 3.05) is 6.54 Å². The maximum absolute atomic E-state index is 13.8. The molecule has 1 aliphatic rings. The van der Waals surface area contributed by atoms with Gasteiger partial charge in [0.05, 0.1) is 6.04 Å². The highest BCUT2D eigenvalue weighted by Gasteiger charge is 2.54. The predicted octanol–water partition coefficient (Wildman–Crippen LogP) is 4.59. The molecule has 2 heterocycles. The van der Waals surface area contributed by atoms with Crippen LogP contribution in [0.3, 0.4) is 0 Å². The van der Waals surface area contributed by atoms with Gasteiger partial charge in [0.15, 0.2) is 5.54 Å². The Labute approximate surface area is 211 Å². The number of halogens is 1. The van der Waals surface area contributed by atoms with Gasteiger partial charge in [-0.2, -0.15) is 0 Å². The first-order valence-corrected chi connectivity index (χ1v) is 12.2. The number of benzene rings is 3. The first-order chi connectivity index (χ1) is 17.5. The molecule has 0 aliphatic carbocycles. The summed E-state index contributed by atoms with van der Waals surface area (Å²) >= 11 is 1.44. The van der Waals surface area contributed by atoms with Gasteiger partial charge in [-0.05, 0) is 40.3 Å². The summed E-state index contributed by atoms with van der Waals surface area (Å²) < 4.78 is 13.5. The number of nitrogens with zero attached hydrogens (tertiary/aromatic N) is 1. The van der Waals surface area contributed by atoms with Gasteiger partial charge in [-0.25, -0.2) is 9.18 Å². The van der Waals surface area contributed by atoms with Crippen molar-refractivity contribution >= 4 is 29.2 Å². The molecule has 0 bridgehead atoms. The molecule has 3 aromatic carbocycles. The molecule has 0 saturated carbocycles. The highest BCUT2D eigenvalue weighted by molar-refractivity contribution is 7.10. The van der Waals surface area contributed by atoms with E-state index in [4.69, 9.17) is 0 Å². The van der Waals surface area contributed by atoms with Crippen molar-refractivity contribution in [1.29, 1.82) is 0 Å². The van der Waals surface area contributed by atoms with Gasteiger partial charge in [-0.3, -0.25) is 14.5 Å². The molecule has 1 fully saturated rings. The number of imide groups is 1. The molecule has 180 valence electrons. The second kappa shape index (κ2) is 9.75. The molecule has 8 heteroatoms. The van der Waals surface area contributed by atoms with Crippen molar-refractivity contribution in [2.24, 2.45) is 0 Å². The van der Waals surface area contributed by atoms with E-state index in [1.165, 1.54) is 23.5 Å². The van der Waals surface area contributed by atoms with E-state index in [2.05, 4.69) is 10.6 Å². The van der Waals surface area contributed by atoms with Crippen molar-refractivity contribution < 1.29 is 18.8 Å². The molecule has 5 rings (SSSR count). The van der Waals surface area contributed by atoms with Crippen molar-refractivity contribution in [3.05, 3.63) is 130 Å². The maximum atomic E-state index is 13.8. The Morgan fingerprint density at radius 1 is 0.889 bits per heavy atom. The van der Waals surface area contributed by atoms with Crippen LogP contribution in [0.5, 0.6) is 0 Å². The van der Waals surface area contributed by atoms with Gasteiger partial charge in [0.1, 0.15) is 12.4 Å². The number of rotatable bonds is 7. The largest absolute Gasteiger partial charge is 0.343 e. The Kier molecular flexibility index (Phi) is 6.35. The SMILES string of the molecule is O=C(CN1C(=O)NC(c2ccccc2)(c2ccccc2)C1=O)NC(c1ccc(F)cc1)c1cccs1. The molecule has 1 aromatic heterocycles. The maximum Gasteiger partial charge on any atom is 0.326 e. The Morgan fingerprint density at radius 2 is 1.50 bits per heavy atom. The second-order valence-corrected chi connectivity index (χ2v) is 9.35. The van der Waals surface area contributed by atoms with Crippen LogP contribution in [-0.4, -0.2) is 29.3 Å². The van der Waals surface area contributed by atoms with Crippen LogP contribution >= 0.6 is 11.3 Å². The molecular weight excluding hydrogens is 477 g/mol. The summed E-state index contributed by atoms with van der Waals surface area (Å²) in [6.07, 6.45) is 0. The molecule has 6 nitrogen and oxygen atoms in total. The van der Waals surface area contributed by atoms with Gasteiger partial charge in [-0.15, -0.1) is 11.3 Å². The summed E-state index contributed by atoms with van der Waals surface area (Å²) in [5.41, 5.74) is 0.442. The predicted molar refractivity (Wildman–Crippen MR) is 135 cm³/mol. The van der Waals surface area contributed by atoms with Gasteiger partial charge < -0.3 is 10.6 Å². The zero-order valence-corrected chi connectivity index (χ0v) is 19.9. The molecular formula is C28H22FN3O3S. The topological polar surface area (TPSA) is 78.5 Å². The minimum Gasteiger partial charge on any atom is -0.343 e. The minimum absolute atomic E-state index is 0.382. The fourth-order valence-electron chi connectivity index (χ4n) is 4.43. The number of nitrogens with one attached hydrogen (secondary N) is 2. The Balaban J connectivity index is 1.43. The Hall–Kier alpha value is -4.30. The van der Waals surface area contributed by atoms with E-state index >= 15 is 0 Å². The van der Waals surface area contributed by atoms with Gasteiger partial charge in [0, 0.05) is 4.88 Å². The summed E-state index contributed by atoms with van der Waals surface area (Å²) in [6.45, 7) is -0.463. The molecule has 1 atom stereocenters. The van der Waals surface area contributed by atoms with E-state index in [0.717, 1.165) is 9.78 Å². The molecule has 0 spiro atoms. The number of amides is 4. The smallest absolute Gasteiger partial charge is 0.326 e. The minimum atomic E-state index is -1.44. The zero-order valence-electron chi connectivity index (χ0n) is 19.1. The first-order valence-electron chi connectivity index (χ1n) is 11.3. The van der Waals surface area contributed by atoms with Crippen molar-refractivity contribution in [3.63, 3.8) is 0 Å². The zero-order chi connectivity index (χ0) is 25.1. The fourth-order valence-corrected chi connectivity index (χ4v) is 5.24. The molecule has 1 saturated heterocycles. The lowest BCUT2D eigenvalue weighted by molar-refractivity contribution is -0.134. The third-order valence-electron chi connectivity index (χ3n) is 6.16. The van der Waals surface area contributed by atoms with Crippen molar-refractivity contribution in [3.8, 4) is 0 Å². The van der Waals surface area contributed by atoms with Gasteiger partial charge in [0.2, 0.25) is 5.91 Å². The van der Waals surface area contributed by atoms with E-state index in [-0.39, 0.29) is 5.82 Å². The van der Waals surface area contributed by atoms with Crippen LogP contribution in [0.1, 0.15) is 27.6 Å². The molecule has 1 unspecified atom stereocenters. The average Bonchev–Trinajstić information content (AvgIpc) is 3.52. The molecule has 0 radical (unpaired) electrons. The quantitative estimate of drug-likeness (QED) is 0.365. The number of carbonyl (C=O) groups is 3. The molecule has 2 N–H and O–H groups in total. The monoisotopic (exact) mass is 499 g/mol. The number of urea groups is 1. The van der Waals surface area contributed by atoms with Crippen LogP contribution in [0.2, 0.25) is 0 Å². The Bertz CT molecular complexity index is 1340. The highest BCUT2D eigenvalue weighted by Crippen LogP contribution is 2.36. The number of hydrogen-bond acceptors (Lipinski definition) is 4. The number of hydrogen-bond donors (Lipinski definition) is 2. The molecule has 1 aliphatic heterocycles. The normalized spacial score (nSPS) is 15.4. The van der Waals surface area contributed by atoms with E-state index < -0.39 is 36.0 Å². The summed E-state index contributed by atoms with van der Waals surface area (Å²) in [6, 6.07) is 26.3. The summed E-state index contributed by atoms with van der Waals surface area (Å²) in [7, 11) is 0. The summed E-state index contributed by atoms with van der Waals surface area (Å²) in [5, 5.41) is 7.63.